The van der Waals surface area contributed by atoms with Crippen molar-refractivity contribution in [2.24, 2.45) is 0 Å². The van der Waals surface area contributed by atoms with E-state index >= 15 is 0 Å². The van der Waals surface area contributed by atoms with Crippen LogP contribution in [0.3, 0.4) is 0 Å². The smallest absolute Gasteiger partial charge is 0.406 e. The summed E-state index contributed by atoms with van der Waals surface area (Å²) in [6.45, 7) is 0. The first-order chi connectivity index (χ1) is 11.2. The van der Waals surface area contributed by atoms with Crippen molar-refractivity contribution < 1.29 is 22.3 Å². The molecule has 0 amide bonds. The van der Waals surface area contributed by atoms with Crippen LogP contribution >= 0.6 is 11.6 Å². The molecule has 0 bridgehead atoms. The van der Waals surface area contributed by atoms with Crippen LogP contribution < -0.4 is 10.5 Å². The first-order valence-electron chi connectivity index (χ1n) is 7.09. The zero-order valence-electron chi connectivity index (χ0n) is 12.2. The number of fused-ring (bicyclic) bond motifs is 1. The Hall–Kier alpha value is -2.09. The molecule has 1 unspecified atom stereocenters. The first-order valence-corrected chi connectivity index (χ1v) is 7.46. The van der Waals surface area contributed by atoms with Crippen molar-refractivity contribution in [1.29, 1.82) is 0 Å². The predicted molar refractivity (Wildman–Crippen MR) is 79.3 cm³/mol. The van der Waals surface area contributed by atoms with Crippen LogP contribution in [-0.2, 0) is 12.8 Å². The minimum atomic E-state index is -4.86. The Labute approximate surface area is 139 Å². The highest BCUT2D eigenvalue weighted by Gasteiger charge is 2.32. The summed E-state index contributed by atoms with van der Waals surface area (Å²) in [4.78, 5) is 8.05. The van der Waals surface area contributed by atoms with E-state index in [2.05, 4.69) is 14.7 Å². The molecular weight excluding hydrogens is 350 g/mol. The fraction of sp³-hybridized carbons (Fsp3) is 0.333. The summed E-state index contributed by atoms with van der Waals surface area (Å²) in [5.74, 6) is -1.17. The number of ether oxygens (including phenoxy) is 1. The monoisotopic (exact) mass is 361 g/mol. The van der Waals surface area contributed by atoms with Crippen LogP contribution in [0.2, 0.25) is 5.28 Å². The number of benzene rings is 1. The van der Waals surface area contributed by atoms with Gasteiger partial charge in [-0.1, -0.05) is 6.07 Å². The van der Waals surface area contributed by atoms with Gasteiger partial charge in [0.2, 0.25) is 5.28 Å². The van der Waals surface area contributed by atoms with E-state index in [0.717, 1.165) is 17.7 Å². The number of hydrogen-bond acceptors (Lipinski definition) is 4. The van der Waals surface area contributed by atoms with Crippen LogP contribution in [0, 0.1) is 5.82 Å². The molecule has 24 heavy (non-hydrogen) atoms. The van der Waals surface area contributed by atoms with Gasteiger partial charge in [-0.15, -0.1) is 13.2 Å². The summed E-state index contributed by atoms with van der Waals surface area (Å²) in [5, 5.41) is 0.0209. The maximum Gasteiger partial charge on any atom is 0.573 e. The van der Waals surface area contributed by atoms with Gasteiger partial charge in [0, 0.05) is 17.5 Å². The highest BCUT2D eigenvalue weighted by Crippen LogP contribution is 2.37. The molecule has 128 valence electrons. The van der Waals surface area contributed by atoms with Crippen molar-refractivity contribution in [3.05, 3.63) is 46.1 Å². The Bertz CT molecular complexity index is 782. The van der Waals surface area contributed by atoms with Gasteiger partial charge >= 0.3 is 6.36 Å². The molecule has 0 aliphatic heterocycles. The molecule has 1 aromatic carbocycles. The maximum absolute atomic E-state index is 14.1. The molecule has 3 rings (SSSR count). The number of aromatic nitrogens is 2. The molecule has 2 N–H and O–H groups in total. The van der Waals surface area contributed by atoms with Crippen molar-refractivity contribution in [3.8, 4) is 5.75 Å². The van der Waals surface area contributed by atoms with E-state index in [4.69, 9.17) is 17.3 Å². The van der Waals surface area contributed by atoms with Gasteiger partial charge in [-0.05, 0) is 42.5 Å². The van der Waals surface area contributed by atoms with Gasteiger partial charge in [0.1, 0.15) is 17.4 Å². The van der Waals surface area contributed by atoms with E-state index in [0.29, 0.717) is 24.4 Å². The second kappa shape index (κ2) is 6.08. The third-order valence-electron chi connectivity index (χ3n) is 3.90. The van der Waals surface area contributed by atoms with E-state index in [1.165, 1.54) is 6.07 Å². The van der Waals surface area contributed by atoms with Gasteiger partial charge in [-0.3, -0.25) is 0 Å². The fourth-order valence-electron chi connectivity index (χ4n) is 2.89. The van der Waals surface area contributed by atoms with Gasteiger partial charge in [0.25, 0.3) is 0 Å². The molecule has 0 radical (unpaired) electrons. The molecule has 1 aliphatic carbocycles. The summed E-state index contributed by atoms with van der Waals surface area (Å²) < 4.78 is 54.3. The molecule has 4 nitrogen and oxygen atoms in total. The molecule has 1 aliphatic rings. The zero-order valence-corrected chi connectivity index (χ0v) is 13.0. The number of nitrogen functional groups attached to an aromatic ring is 1. The van der Waals surface area contributed by atoms with Crippen LogP contribution in [0.1, 0.15) is 29.2 Å². The molecule has 0 fully saturated rings. The van der Waals surface area contributed by atoms with E-state index in [-0.39, 0.29) is 23.2 Å². The first kappa shape index (κ1) is 16.8. The molecular formula is C15H12ClF4N3O. The lowest BCUT2D eigenvalue weighted by molar-refractivity contribution is -0.274. The van der Waals surface area contributed by atoms with Crippen LogP contribution in [0.4, 0.5) is 23.4 Å². The van der Waals surface area contributed by atoms with Crippen molar-refractivity contribution in [2.75, 3.05) is 5.73 Å². The van der Waals surface area contributed by atoms with Crippen molar-refractivity contribution in [1.82, 2.24) is 9.97 Å². The van der Waals surface area contributed by atoms with Crippen molar-refractivity contribution >= 4 is 17.4 Å². The molecule has 0 saturated heterocycles. The normalized spacial score (nSPS) is 17.0. The number of nitrogens with zero attached hydrogens (tertiary/aromatic N) is 2. The second-order valence-corrected chi connectivity index (χ2v) is 5.82. The molecule has 1 heterocycles. The van der Waals surface area contributed by atoms with Crippen LogP contribution in [0.5, 0.6) is 5.75 Å². The predicted octanol–water partition coefficient (Wildman–Crippen LogP) is 4.02. The summed E-state index contributed by atoms with van der Waals surface area (Å²) >= 11 is 5.81. The summed E-state index contributed by atoms with van der Waals surface area (Å²) in [6.07, 6.45) is -3.24. The molecule has 2 aromatic rings. The minimum Gasteiger partial charge on any atom is -0.406 e. The van der Waals surface area contributed by atoms with E-state index in [9.17, 15) is 17.6 Å². The maximum atomic E-state index is 14.1. The Morgan fingerprint density at radius 1 is 1.29 bits per heavy atom. The SMILES string of the molecule is Nc1nc(Cl)nc2c1CCC2Cc1ccc(OC(F)(F)F)cc1F. The van der Waals surface area contributed by atoms with Crippen molar-refractivity contribution in [3.63, 3.8) is 0 Å². The minimum absolute atomic E-state index is 0.0209. The quantitative estimate of drug-likeness (QED) is 0.662. The van der Waals surface area contributed by atoms with Crippen LogP contribution in [-0.4, -0.2) is 16.3 Å². The van der Waals surface area contributed by atoms with Gasteiger partial charge < -0.3 is 10.5 Å². The second-order valence-electron chi connectivity index (χ2n) is 5.48. The largest absolute Gasteiger partial charge is 0.573 e. The number of hydrogen-bond donors (Lipinski definition) is 1. The lowest BCUT2D eigenvalue weighted by Crippen LogP contribution is -2.17. The third-order valence-corrected chi connectivity index (χ3v) is 4.07. The van der Waals surface area contributed by atoms with Crippen molar-refractivity contribution in [2.45, 2.75) is 31.5 Å². The van der Waals surface area contributed by atoms with Gasteiger partial charge in [0.15, 0.2) is 0 Å². The standard InChI is InChI=1S/C15H12ClF4N3O/c16-14-22-12-8(2-4-10(12)13(21)23-14)5-7-1-3-9(6-11(7)17)24-15(18,19)20/h1,3,6,8H,2,4-5H2,(H2,21,22,23). The van der Waals surface area contributed by atoms with Gasteiger partial charge in [-0.2, -0.15) is 0 Å². The summed E-state index contributed by atoms with van der Waals surface area (Å²) in [6, 6.07) is 3.09. The number of anilines is 1. The molecule has 0 saturated carbocycles. The zero-order chi connectivity index (χ0) is 17.5. The fourth-order valence-corrected chi connectivity index (χ4v) is 3.08. The van der Waals surface area contributed by atoms with E-state index < -0.39 is 17.9 Å². The lowest BCUT2D eigenvalue weighted by Gasteiger charge is -2.14. The molecule has 9 heteroatoms. The van der Waals surface area contributed by atoms with E-state index in [1.807, 2.05) is 0 Å². The Morgan fingerprint density at radius 2 is 2.04 bits per heavy atom. The average Bonchev–Trinajstić information content (AvgIpc) is 2.83. The number of rotatable bonds is 3. The van der Waals surface area contributed by atoms with E-state index in [1.54, 1.807) is 0 Å². The summed E-state index contributed by atoms with van der Waals surface area (Å²) in [7, 11) is 0. The number of alkyl halides is 3. The summed E-state index contributed by atoms with van der Waals surface area (Å²) in [5.41, 5.74) is 7.54. The third kappa shape index (κ3) is 3.53. The lowest BCUT2D eigenvalue weighted by atomic mass is 9.96. The topological polar surface area (TPSA) is 61.0 Å². The average molecular weight is 362 g/mol. The Morgan fingerprint density at radius 3 is 2.71 bits per heavy atom. The number of nitrogens with two attached hydrogens (primary N) is 1. The van der Waals surface area contributed by atoms with Gasteiger partial charge in [-0.25, -0.2) is 14.4 Å². The molecule has 1 atom stereocenters. The Balaban J connectivity index is 1.81. The van der Waals surface area contributed by atoms with Gasteiger partial charge in [0.05, 0.1) is 5.69 Å². The van der Waals surface area contributed by atoms with Crippen LogP contribution in [0.15, 0.2) is 18.2 Å². The highest BCUT2D eigenvalue weighted by atomic mass is 35.5. The van der Waals surface area contributed by atoms with Crippen LogP contribution in [0.25, 0.3) is 0 Å². The number of halogens is 5. The Kier molecular flexibility index (Phi) is 4.25. The molecule has 0 spiro atoms. The highest BCUT2D eigenvalue weighted by molar-refractivity contribution is 6.28. The molecule has 1 aromatic heterocycles.